The Morgan fingerprint density at radius 3 is 2.07 bits per heavy atom. The molecule has 1 fully saturated rings. The molecule has 1 aliphatic rings. The number of hydrogen-bond donors (Lipinski definition) is 1. The summed E-state index contributed by atoms with van der Waals surface area (Å²) in [6.07, 6.45) is 1.54. The average molecular weight is 389 g/mol. The van der Waals surface area contributed by atoms with Gasteiger partial charge in [-0.15, -0.1) is 0 Å². The van der Waals surface area contributed by atoms with E-state index >= 15 is 0 Å². The Bertz CT molecular complexity index is 899. The molecule has 0 saturated carbocycles. The van der Waals surface area contributed by atoms with E-state index in [9.17, 15) is 9.59 Å². The maximum absolute atomic E-state index is 12.7. The van der Waals surface area contributed by atoms with Crippen molar-refractivity contribution in [1.82, 2.24) is 5.32 Å². The Labute approximate surface area is 161 Å². The topological polar surface area (TPSA) is 77.1 Å². The van der Waals surface area contributed by atoms with E-state index in [1.54, 1.807) is 42.5 Å². The number of imide groups is 1. The predicted molar refractivity (Wildman–Crippen MR) is 102 cm³/mol. The molecule has 0 radical (unpaired) electrons. The first-order valence-corrected chi connectivity index (χ1v) is 8.29. The summed E-state index contributed by atoms with van der Waals surface area (Å²) >= 11 is 5.86. The number of methoxy groups -OCH3 is 3. The van der Waals surface area contributed by atoms with Crippen molar-refractivity contribution < 1.29 is 23.8 Å². The van der Waals surface area contributed by atoms with Crippen LogP contribution in [-0.2, 0) is 4.79 Å². The molecular formula is C19H17ClN2O5. The molecule has 3 rings (SSSR count). The molecule has 1 heterocycles. The van der Waals surface area contributed by atoms with E-state index in [2.05, 4.69) is 5.32 Å². The van der Waals surface area contributed by atoms with Crippen LogP contribution in [0.2, 0.25) is 5.02 Å². The first-order chi connectivity index (χ1) is 13.0. The number of anilines is 1. The molecule has 2 aromatic rings. The molecule has 2 aromatic carbocycles. The van der Waals surface area contributed by atoms with Crippen LogP contribution in [0.1, 0.15) is 5.56 Å². The highest BCUT2D eigenvalue weighted by Crippen LogP contribution is 2.39. The van der Waals surface area contributed by atoms with Gasteiger partial charge in [0, 0.05) is 5.02 Å². The Morgan fingerprint density at radius 2 is 1.56 bits per heavy atom. The van der Waals surface area contributed by atoms with Crippen molar-refractivity contribution in [1.29, 1.82) is 0 Å². The molecule has 3 amide bonds. The fourth-order valence-electron chi connectivity index (χ4n) is 2.71. The van der Waals surface area contributed by atoms with E-state index < -0.39 is 11.9 Å². The maximum atomic E-state index is 12.7. The zero-order valence-electron chi connectivity index (χ0n) is 14.9. The van der Waals surface area contributed by atoms with Crippen LogP contribution in [0, 0.1) is 0 Å². The number of ether oxygens (including phenoxy) is 3. The Hall–Kier alpha value is -3.19. The van der Waals surface area contributed by atoms with E-state index in [-0.39, 0.29) is 5.70 Å². The third-order valence-electron chi connectivity index (χ3n) is 3.96. The Morgan fingerprint density at radius 1 is 0.963 bits per heavy atom. The summed E-state index contributed by atoms with van der Waals surface area (Å²) in [5.74, 6) is 0.841. The molecular weight excluding hydrogens is 372 g/mol. The molecule has 1 aliphatic heterocycles. The molecule has 1 N–H and O–H groups in total. The molecule has 0 spiro atoms. The smallest absolute Gasteiger partial charge is 0.333 e. The number of rotatable bonds is 5. The minimum Gasteiger partial charge on any atom is -0.493 e. The number of nitrogens with zero attached hydrogens (tertiary/aromatic N) is 1. The van der Waals surface area contributed by atoms with Gasteiger partial charge in [-0.25, -0.2) is 9.69 Å². The minimum absolute atomic E-state index is 0.129. The fourth-order valence-corrected chi connectivity index (χ4v) is 2.84. The highest BCUT2D eigenvalue weighted by atomic mass is 35.5. The summed E-state index contributed by atoms with van der Waals surface area (Å²) in [4.78, 5) is 26.0. The molecule has 0 bridgehead atoms. The monoisotopic (exact) mass is 388 g/mol. The van der Waals surface area contributed by atoms with Gasteiger partial charge in [-0.1, -0.05) is 11.6 Å². The number of nitrogens with one attached hydrogen (secondary N) is 1. The van der Waals surface area contributed by atoms with Gasteiger partial charge in [0.2, 0.25) is 5.75 Å². The highest BCUT2D eigenvalue weighted by Gasteiger charge is 2.34. The van der Waals surface area contributed by atoms with Crippen LogP contribution in [0.4, 0.5) is 10.5 Å². The number of hydrogen-bond acceptors (Lipinski definition) is 5. The first-order valence-electron chi connectivity index (χ1n) is 7.91. The van der Waals surface area contributed by atoms with Crippen LogP contribution < -0.4 is 24.4 Å². The fraction of sp³-hybridized carbons (Fsp3) is 0.158. The molecule has 140 valence electrons. The number of carbonyl (C=O) groups excluding carboxylic acids is 2. The van der Waals surface area contributed by atoms with E-state index in [0.29, 0.717) is 33.5 Å². The van der Waals surface area contributed by atoms with E-state index in [1.807, 2.05) is 0 Å². The predicted octanol–water partition coefficient (Wildman–Crippen LogP) is 3.46. The van der Waals surface area contributed by atoms with Crippen LogP contribution in [-0.4, -0.2) is 33.3 Å². The van der Waals surface area contributed by atoms with Crippen molar-refractivity contribution in [2.45, 2.75) is 0 Å². The number of carbonyl (C=O) groups is 2. The van der Waals surface area contributed by atoms with Gasteiger partial charge in [0.25, 0.3) is 5.91 Å². The molecule has 27 heavy (non-hydrogen) atoms. The minimum atomic E-state index is -0.541. The zero-order chi connectivity index (χ0) is 19.6. The summed E-state index contributed by atoms with van der Waals surface area (Å²) in [6.45, 7) is 0. The average Bonchev–Trinajstić information content (AvgIpc) is 2.95. The Kier molecular flexibility index (Phi) is 5.23. The first kappa shape index (κ1) is 18.6. The van der Waals surface area contributed by atoms with E-state index in [0.717, 1.165) is 4.90 Å². The second-order valence-corrected chi connectivity index (χ2v) is 6.00. The van der Waals surface area contributed by atoms with Crippen molar-refractivity contribution in [3.05, 3.63) is 52.7 Å². The number of benzene rings is 2. The van der Waals surface area contributed by atoms with Crippen LogP contribution in [0.25, 0.3) is 6.08 Å². The van der Waals surface area contributed by atoms with E-state index in [1.165, 1.54) is 21.3 Å². The number of amides is 3. The van der Waals surface area contributed by atoms with Crippen molar-refractivity contribution in [3.8, 4) is 17.2 Å². The van der Waals surface area contributed by atoms with Gasteiger partial charge >= 0.3 is 6.03 Å². The van der Waals surface area contributed by atoms with Crippen molar-refractivity contribution in [2.75, 3.05) is 26.2 Å². The molecule has 0 aromatic heterocycles. The third kappa shape index (κ3) is 3.54. The van der Waals surface area contributed by atoms with Gasteiger partial charge in [0.05, 0.1) is 27.0 Å². The lowest BCUT2D eigenvalue weighted by molar-refractivity contribution is -0.113. The van der Waals surface area contributed by atoms with Gasteiger partial charge in [0.1, 0.15) is 5.70 Å². The van der Waals surface area contributed by atoms with Gasteiger partial charge in [-0.3, -0.25) is 4.79 Å². The second kappa shape index (κ2) is 7.59. The van der Waals surface area contributed by atoms with Crippen LogP contribution >= 0.6 is 11.6 Å². The van der Waals surface area contributed by atoms with Crippen molar-refractivity contribution >= 4 is 35.3 Å². The standard InChI is InChI=1S/C19H17ClN2O5/c1-25-15-9-11(10-16(26-2)17(15)27-3)8-14-18(23)22(19(24)21-14)13-6-4-12(20)5-7-13/h4-10H,1-3H3,(H,21,24)/b14-8-. The van der Waals surface area contributed by atoms with Gasteiger partial charge in [-0.2, -0.15) is 0 Å². The number of urea groups is 1. The number of halogens is 1. The summed E-state index contributed by atoms with van der Waals surface area (Å²) in [5, 5.41) is 3.08. The van der Waals surface area contributed by atoms with Gasteiger partial charge in [-0.05, 0) is 48.0 Å². The lowest BCUT2D eigenvalue weighted by Gasteiger charge is -2.13. The molecule has 0 atom stereocenters. The van der Waals surface area contributed by atoms with E-state index in [4.69, 9.17) is 25.8 Å². The van der Waals surface area contributed by atoms with Crippen LogP contribution in [0.5, 0.6) is 17.2 Å². The van der Waals surface area contributed by atoms with Crippen molar-refractivity contribution in [3.63, 3.8) is 0 Å². The van der Waals surface area contributed by atoms with Crippen molar-refractivity contribution in [2.24, 2.45) is 0 Å². The zero-order valence-corrected chi connectivity index (χ0v) is 15.7. The second-order valence-electron chi connectivity index (χ2n) is 5.56. The lowest BCUT2D eigenvalue weighted by Crippen LogP contribution is -2.30. The SMILES string of the molecule is COc1cc(/C=C2\NC(=O)N(c3ccc(Cl)cc3)C2=O)cc(OC)c1OC. The van der Waals surface area contributed by atoms with Gasteiger partial charge in [0.15, 0.2) is 11.5 Å². The summed E-state index contributed by atoms with van der Waals surface area (Å²) in [7, 11) is 4.50. The molecule has 0 unspecified atom stereocenters. The molecule has 7 nitrogen and oxygen atoms in total. The summed E-state index contributed by atoms with van der Waals surface area (Å²) in [6, 6.07) is 9.24. The summed E-state index contributed by atoms with van der Waals surface area (Å²) < 4.78 is 15.9. The largest absolute Gasteiger partial charge is 0.493 e. The normalized spacial score (nSPS) is 15.1. The molecule has 1 saturated heterocycles. The molecule has 0 aliphatic carbocycles. The maximum Gasteiger partial charge on any atom is 0.333 e. The van der Waals surface area contributed by atoms with Gasteiger partial charge < -0.3 is 19.5 Å². The third-order valence-corrected chi connectivity index (χ3v) is 4.21. The lowest BCUT2D eigenvalue weighted by atomic mass is 10.1. The molecule has 8 heteroatoms. The summed E-state index contributed by atoms with van der Waals surface area (Å²) in [5.41, 5.74) is 1.16. The Balaban J connectivity index is 1.97. The van der Waals surface area contributed by atoms with Crippen LogP contribution in [0.3, 0.4) is 0 Å². The van der Waals surface area contributed by atoms with Crippen LogP contribution in [0.15, 0.2) is 42.1 Å². The quantitative estimate of drug-likeness (QED) is 0.627. The highest BCUT2D eigenvalue weighted by molar-refractivity contribution is 6.31.